The minimum atomic E-state index is 0.111. The summed E-state index contributed by atoms with van der Waals surface area (Å²) < 4.78 is 1.76. The zero-order valence-corrected chi connectivity index (χ0v) is 14.6. The Balaban J connectivity index is 1.94. The molecule has 0 saturated heterocycles. The lowest BCUT2D eigenvalue weighted by Gasteiger charge is -2.05. The van der Waals surface area contributed by atoms with E-state index in [2.05, 4.69) is 28.2 Å². The highest BCUT2D eigenvalue weighted by atomic mass is 16.3. The number of aromatic hydroxyl groups is 1. The number of benzene rings is 2. The summed E-state index contributed by atoms with van der Waals surface area (Å²) in [5.74, 6) is 0.700. The van der Waals surface area contributed by atoms with Crippen LogP contribution in [0.25, 0.3) is 16.9 Å². The second-order valence-electron chi connectivity index (χ2n) is 6.22. The maximum Gasteiger partial charge on any atom is 0.187 e. The number of azo groups is 1. The molecule has 5 nitrogen and oxygen atoms in total. The molecule has 0 aliphatic carbocycles. The first kappa shape index (κ1) is 16.0. The highest BCUT2D eigenvalue weighted by molar-refractivity contribution is 5.78. The Hall–Kier alpha value is -3.47. The fourth-order valence-electron chi connectivity index (χ4n) is 3.00. The maximum atomic E-state index is 10.2. The topological polar surface area (TPSA) is 62.2 Å². The summed E-state index contributed by atoms with van der Waals surface area (Å²) in [5.41, 5.74) is 5.18. The predicted octanol–water partition coefficient (Wildman–Crippen LogP) is 5.74. The molecule has 0 aliphatic heterocycles. The number of rotatable bonds is 3. The van der Waals surface area contributed by atoms with E-state index in [0.717, 1.165) is 16.8 Å². The van der Waals surface area contributed by atoms with Gasteiger partial charge >= 0.3 is 0 Å². The van der Waals surface area contributed by atoms with Gasteiger partial charge in [0.25, 0.3) is 0 Å². The third kappa shape index (κ3) is 2.84. The Morgan fingerprint density at radius 3 is 2.50 bits per heavy atom. The van der Waals surface area contributed by atoms with Crippen molar-refractivity contribution in [3.63, 3.8) is 0 Å². The normalized spacial score (nSPS) is 11.5. The van der Waals surface area contributed by atoms with Gasteiger partial charge in [0, 0.05) is 11.8 Å². The number of hydrogen-bond acceptors (Lipinski definition) is 4. The van der Waals surface area contributed by atoms with Crippen LogP contribution in [0.4, 0.5) is 11.5 Å². The summed E-state index contributed by atoms with van der Waals surface area (Å²) in [4.78, 5) is 4.64. The van der Waals surface area contributed by atoms with Gasteiger partial charge < -0.3 is 5.11 Å². The van der Waals surface area contributed by atoms with Gasteiger partial charge in [-0.2, -0.15) is 0 Å². The molecule has 0 fully saturated rings. The van der Waals surface area contributed by atoms with Crippen LogP contribution in [0.15, 0.2) is 77.1 Å². The van der Waals surface area contributed by atoms with Crippen molar-refractivity contribution in [3.8, 4) is 17.0 Å². The monoisotopic (exact) mass is 342 g/mol. The van der Waals surface area contributed by atoms with Crippen LogP contribution in [-0.2, 0) is 0 Å². The second-order valence-corrected chi connectivity index (χ2v) is 6.22. The molecule has 2 heterocycles. The minimum absolute atomic E-state index is 0.111. The Kier molecular flexibility index (Phi) is 3.97. The smallest absolute Gasteiger partial charge is 0.187 e. The average Bonchev–Trinajstić information content (AvgIpc) is 3.00. The SMILES string of the molecule is Cc1ccc(-c2nc3c(O)cccn3c2N=Nc2ccccc2)c(C)c1. The van der Waals surface area contributed by atoms with Gasteiger partial charge in [0.1, 0.15) is 5.69 Å². The van der Waals surface area contributed by atoms with E-state index in [4.69, 9.17) is 0 Å². The molecular weight excluding hydrogens is 324 g/mol. The molecule has 4 aromatic rings. The van der Waals surface area contributed by atoms with Crippen molar-refractivity contribution >= 4 is 17.2 Å². The molecule has 4 rings (SSSR count). The molecule has 0 amide bonds. The van der Waals surface area contributed by atoms with Gasteiger partial charge in [0.15, 0.2) is 17.2 Å². The summed E-state index contributed by atoms with van der Waals surface area (Å²) in [6, 6.07) is 19.1. The molecule has 0 aliphatic rings. The van der Waals surface area contributed by atoms with Crippen LogP contribution in [0.2, 0.25) is 0 Å². The molecule has 0 atom stereocenters. The number of fused-ring (bicyclic) bond motifs is 1. The van der Waals surface area contributed by atoms with Crippen molar-refractivity contribution < 1.29 is 5.11 Å². The van der Waals surface area contributed by atoms with Crippen molar-refractivity contribution in [2.45, 2.75) is 13.8 Å². The second kappa shape index (κ2) is 6.44. The van der Waals surface area contributed by atoms with Crippen LogP contribution in [0, 0.1) is 13.8 Å². The summed E-state index contributed by atoms with van der Waals surface area (Å²) in [6.45, 7) is 4.10. The van der Waals surface area contributed by atoms with Crippen LogP contribution in [0.5, 0.6) is 5.75 Å². The Morgan fingerprint density at radius 2 is 1.73 bits per heavy atom. The lowest BCUT2D eigenvalue weighted by molar-refractivity contribution is 0.477. The first-order valence-electron chi connectivity index (χ1n) is 8.38. The molecule has 5 heteroatoms. The van der Waals surface area contributed by atoms with Crippen molar-refractivity contribution in [2.24, 2.45) is 10.2 Å². The van der Waals surface area contributed by atoms with Crippen molar-refractivity contribution in [1.82, 2.24) is 9.38 Å². The number of imidazole rings is 1. The van der Waals surface area contributed by atoms with E-state index < -0.39 is 0 Å². The fourth-order valence-corrected chi connectivity index (χ4v) is 3.00. The van der Waals surface area contributed by atoms with Crippen LogP contribution >= 0.6 is 0 Å². The lowest BCUT2D eigenvalue weighted by Crippen LogP contribution is -1.86. The van der Waals surface area contributed by atoms with E-state index in [1.807, 2.05) is 55.6 Å². The van der Waals surface area contributed by atoms with E-state index >= 15 is 0 Å². The van der Waals surface area contributed by atoms with E-state index in [1.54, 1.807) is 16.5 Å². The van der Waals surface area contributed by atoms with Gasteiger partial charge in [-0.15, -0.1) is 10.2 Å². The molecule has 2 aromatic heterocycles. The van der Waals surface area contributed by atoms with Gasteiger partial charge in [0.05, 0.1) is 5.69 Å². The molecular formula is C21H18N4O. The zero-order valence-electron chi connectivity index (χ0n) is 14.6. The van der Waals surface area contributed by atoms with Crippen molar-refractivity contribution in [3.05, 3.63) is 78.0 Å². The van der Waals surface area contributed by atoms with E-state index in [-0.39, 0.29) is 5.75 Å². The van der Waals surface area contributed by atoms with Gasteiger partial charge in [0.2, 0.25) is 0 Å². The zero-order chi connectivity index (χ0) is 18.1. The molecule has 0 saturated carbocycles. The molecule has 1 N–H and O–H groups in total. The molecule has 128 valence electrons. The van der Waals surface area contributed by atoms with Gasteiger partial charge in [-0.25, -0.2) is 4.98 Å². The highest BCUT2D eigenvalue weighted by Crippen LogP contribution is 2.36. The number of hydrogen-bond donors (Lipinski definition) is 1. The number of aromatic nitrogens is 2. The van der Waals surface area contributed by atoms with Crippen LogP contribution in [0.3, 0.4) is 0 Å². The molecule has 0 spiro atoms. The highest BCUT2D eigenvalue weighted by Gasteiger charge is 2.17. The standard InChI is InChI=1S/C21H18N4O/c1-14-10-11-17(15(2)13-14)19-21(24-23-16-7-4-3-5-8-16)25-12-6-9-18(26)20(25)22-19/h3-13,26H,1-2H3. The average molecular weight is 342 g/mol. The van der Waals surface area contributed by atoms with Crippen LogP contribution in [-0.4, -0.2) is 14.5 Å². The van der Waals surface area contributed by atoms with Crippen molar-refractivity contribution in [2.75, 3.05) is 0 Å². The fraction of sp³-hybridized carbons (Fsp3) is 0.0952. The van der Waals surface area contributed by atoms with Crippen molar-refractivity contribution in [1.29, 1.82) is 0 Å². The third-order valence-corrected chi connectivity index (χ3v) is 4.26. The molecule has 0 unspecified atom stereocenters. The predicted molar refractivity (Wildman–Crippen MR) is 102 cm³/mol. The Bertz CT molecular complexity index is 1110. The minimum Gasteiger partial charge on any atom is -0.504 e. The lowest BCUT2D eigenvalue weighted by atomic mass is 10.0. The quantitative estimate of drug-likeness (QED) is 0.483. The number of pyridine rings is 1. The number of aryl methyl sites for hydroxylation is 2. The summed E-state index contributed by atoms with van der Waals surface area (Å²) >= 11 is 0. The molecule has 2 aromatic carbocycles. The Labute approximate surface area is 151 Å². The summed E-state index contributed by atoms with van der Waals surface area (Å²) in [5, 5.41) is 19.0. The van der Waals surface area contributed by atoms with Gasteiger partial charge in [-0.3, -0.25) is 4.40 Å². The number of nitrogens with zero attached hydrogens (tertiary/aromatic N) is 4. The Morgan fingerprint density at radius 1 is 0.923 bits per heavy atom. The summed E-state index contributed by atoms with van der Waals surface area (Å²) in [7, 11) is 0. The maximum absolute atomic E-state index is 10.2. The van der Waals surface area contributed by atoms with E-state index in [0.29, 0.717) is 17.2 Å². The first-order chi connectivity index (χ1) is 12.6. The van der Waals surface area contributed by atoms with Crippen LogP contribution in [0.1, 0.15) is 11.1 Å². The first-order valence-corrected chi connectivity index (χ1v) is 8.38. The van der Waals surface area contributed by atoms with E-state index in [1.165, 1.54) is 5.56 Å². The van der Waals surface area contributed by atoms with E-state index in [9.17, 15) is 5.11 Å². The molecule has 0 radical (unpaired) electrons. The molecule has 26 heavy (non-hydrogen) atoms. The van der Waals surface area contributed by atoms with Gasteiger partial charge in [-0.05, 0) is 43.7 Å². The third-order valence-electron chi connectivity index (χ3n) is 4.26. The molecule has 0 bridgehead atoms. The van der Waals surface area contributed by atoms with Gasteiger partial charge in [-0.1, -0.05) is 42.0 Å². The summed E-state index contributed by atoms with van der Waals surface area (Å²) in [6.07, 6.45) is 1.83. The largest absolute Gasteiger partial charge is 0.504 e. The van der Waals surface area contributed by atoms with Crippen LogP contribution < -0.4 is 0 Å².